The lowest BCUT2D eigenvalue weighted by molar-refractivity contribution is 0.130. The molecule has 0 spiro atoms. The molecule has 2 nitrogen and oxygen atoms in total. The van der Waals surface area contributed by atoms with Crippen molar-refractivity contribution in [3.8, 4) is 0 Å². The SMILES string of the molecule is CCC(C)C(C)N(CC(C)C)CC1CCCN1. The summed E-state index contributed by atoms with van der Waals surface area (Å²) in [7, 11) is 0. The Kier molecular flexibility index (Phi) is 6.50. The van der Waals surface area contributed by atoms with Crippen LogP contribution in [0.25, 0.3) is 0 Å². The Balaban J connectivity index is 2.51. The van der Waals surface area contributed by atoms with E-state index in [-0.39, 0.29) is 0 Å². The first-order valence-corrected chi connectivity index (χ1v) is 7.52. The third-order valence-corrected chi connectivity index (χ3v) is 4.26. The maximum atomic E-state index is 3.63. The molecule has 0 aromatic carbocycles. The number of rotatable bonds is 7. The van der Waals surface area contributed by atoms with E-state index in [0.29, 0.717) is 6.04 Å². The molecule has 1 fully saturated rings. The molecule has 1 aliphatic heterocycles. The van der Waals surface area contributed by atoms with Crippen LogP contribution in [0.4, 0.5) is 0 Å². The van der Waals surface area contributed by atoms with E-state index in [1.165, 1.54) is 38.9 Å². The lowest BCUT2D eigenvalue weighted by Crippen LogP contribution is -2.46. The Bertz CT molecular complexity index is 197. The second-order valence-electron chi connectivity index (χ2n) is 6.27. The first-order chi connectivity index (χ1) is 8.04. The lowest BCUT2D eigenvalue weighted by Gasteiger charge is -2.36. The number of hydrogen-bond donors (Lipinski definition) is 1. The monoisotopic (exact) mass is 240 g/mol. The lowest BCUT2D eigenvalue weighted by atomic mass is 9.97. The molecule has 17 heavy (non-hydrogen) atoms. The first-order valence-electron chi connectivity index (χ1n) is 7.52. The molecule has 0 amide bonds. The fourth-order valence-corrected chi connectivity index (χ4v) is 2.77. The second kappa shape index (κ2) is 7.38. The zero-order chi connectivity index (χ0) is 12.8. The largest absolute Gasteiger partial charge is 0.313 e. The summed E-state index contributed by atoms with van der Waals surface area (Å²) in [4.78, 5) is 2.71. The van der Waals surface area contributed by atoms with Crippen LogP contribution in [0.2, 0.25) is 0 Å². The van der Waals surface area contributed by atoms with Crippen LogP contribution >= 0.6 is 0 Å². The van der Waals surface area contributed by atoms with E-state index in [0.717, 1.165) is 17.9 Å². The summed E-state index contributed by atoms with van der Waals surface area (Å²) in [5.74, 6) is 1.57. The average molecular weight is 240 g/mol. The van der Waals surface area contributed by atoms with Crippen molar-refractivity contribution < 1.29 is 0 Å². The van der Waals surface area contributed by atoms with E-state index in [2.05, 4.69) is 44.8 Å². The molecule has 1 heterocycles. The Morgan fingerprint density at radius 1 is 1.24 bits per heavy atom. The predicted octanol–water partition coefficient (Wildman–Crippen LogP) is 3.13. The summed E-state index contributed by atoms with van der Waals surface area (Å²) >= 11 is 0. The summed E-state index contributed by atoms with van der Waals surface area (Å²) in [6.07, 6.45) is 4.01. The van der Waals surface area contributed by atoms with Crippen LogP contribution in [0.5, 0.6) is 0 Å². The summed E-state index contributed by atoms with van der Waals surface area (Å²) in [5.41, 5.74) is 0. The highest BCUT2D eigenvalue weighted by molar-refractivity contribution is 4.82. The molecule has 2 heteroatoms. The molecule has 0 radical (unpaired) electrons. The van der Waals surface area contributed by atoms with Gasteiger partial charge in [-0.1, -0.05) is 34.1 Å². The molecular formula is C15H32N2. The van der Waals surface area contributed by atoms with Crippen LogP contribution in [0.1, 0.15) is 53.9 Å². The Morgan fingerprint density at radius 3 is 2.41 bits per heavy atom. The smallest absolute Gasteiger partial charge is 0.0195 e. The van der Waals surface area contributed by atoms with Gasteiger partial charge in [0.2, 0.25) is 0 Å². The van der Waals surface area contributed by atoms with Gasteiger partial charge in [-0.3, -0.25) is 4.90 Å². The normalized spacial score (nSPS) is 24.5. The summed E-state index contributed by atoms with van der Waals surface area (Å²) in [6, 6.07) is 1.45. The van der Waals surface area contributed by atoms with Gasteiger partial charge in [0.05, 0.1) is 0 Å². The topological polar surface area (TPSA) is 15.3 Å². The number of nitrogens with one attached hydrogen (secondary N) is 1. The van der Waals surface area contributed by atoms with E-state index in [1.807, 2.05) is 0 Å². The Hall–Kier alpha value is -0.0800. The molecule has 0 bridgehead atoms. The average Bonchev–Trinajstić information content (AvgIpc) is 2.78. The molecule has 1 aliphatic rings. The molecule has 1 N–H and O–H groups in total. The first kappa shape index (κ1) is 15.0. The molecular weight excluding hydrogens is 208 g/mol. The Labute approximate surface area is 108 Å². The van der Waals surface area contributed by atoms with E-state index >= 15 is 0 Å². The highest BCUT2D eigenvalue weighted by Crippen LogP contribution is 2.18. The van der Waals surface area contributed by atoms with Gasteiger partial charge in [0.25, 0.3) is 0 Å². The zero-order valence-electron chi connectivity index (χ0n) is 12.5. The van der Waals surface area contributed by atoms with Crippen molar-refractivity contribution in [2.24, 2.45) is 11.8 Å². The standard InChI is InChI=1S/C15H32N2/c1-6-13(4)14(5)17(10-12(2)3)11-15-8-7-9-16-15/h12-16H,6-11H2,1-5H3. The van der Waals surface area contributed by atoms with E-state index in [1.54, 1.807) is 0 Å². The van der Waals surface area contributed by atoms with Crippen molar-refractivity contribution in [1.29, 1.82) is 0 Å². The molecule has 0 aromatic heterocycles. The molecule has 0 aromatic rings. The maximum absolute atomic E-state index is 3.63. The van der Waals surface area contributed by atoms with Crippen LogP contribution in [-0.4, -0.2) is 36.6 Å². The van der Waals surface area contributed by atoms with Gasteiger partial charge in [-0.05, 0) is 38.1 Å². The number of hydrogen-bond acceptors (Lipinski definition) is 2. The van der Waals surface area contributed by atoms with Crippen LogP contribution in [0.15, 0.2) is 0 Å². The van der Waals surface area contributed by atoms with Gasteiger partial charge in [-0.2, -0.15) is 0 Å². The minimum Gasteiger partial charge on any atom is -0.313 e. The zero-order valence-corrected chi connectivity index (χ0v) is 12.5. The van der Waals surface area contributed by atoms with Gasteiger partial charge in [-0.25, -0.2) is 0 Å². The van der Waals surface area contributed by atoms with E-state index < -0.39 is 0 Å². The molecule has 1 saturated heterocycles. The van der Waals surface area contributed by atoms with Crippen molar-refractivity contribution >= 4 is 0 Å². The van der Waals surface area contributed by atoms with Crippen molar-refractivity contribution in [2.75, 3.05) is 19.6 Å². The summed E-state index contributed by atoms with van der Waals surface area (Å²) in [5, 5.41) is 3.63. The highest BCUT2D eigenvalue weighted by Gasteiger charge is 2.24. The van der Waals surface area contributed by atoms with Crippen molar-refractivity contribution in [2.45, 2.75) is 66.0 Å². The summed E-state index contributed by atoms with van der Waals surface area (Å²) in [6.45, 7) is 15.5. The Morgan fingerprint density at radius 2 is 1.94 bits per heavy atom. The van der Waals surface area contributed by atoms with E-state index in [4.69, 9.17) is 0 Å². The fourth-order valence-electron chi connectivity index (χ4n) is 2.77. The highest BCUT2D eigenvalue weighted by atomic mass is 15.2. The minimum atomic E-state index is 0.713. The van der Waals surface area contributed by atoms with Gasteiger partial charge >= 0.3 is 0 Å². The molecule has 3 atom stereocenters. The maximum Gasteiger partial charge on any atom is 0.0195 e. The molecule has 0 saturated carbocycles. The predicted molar refractivity (Wildman–Crippen MR) is 76.4 cm³/mol. The van der Waals surface area contributed by atoms with E-state index in [9.17, 15) is 0 Å². The van der Waals surface area contributed by atoms with Crippen LogP contribution in [-0.2, 0) is 0 Å². The molecule has 0 aliphatic carbocycles. The fraction of sp³-hybridized carbons (Fsp3) is 1.00. The van der Waals surface area contributed by atoms with Gasteiger partial charge in [0.15, 0.2) is 0 Å². The summed E-state index contributed by atoms with van der Waals surface area (Å²) < 4.78 is 0. The van der Waals surface area contributed by atoms with Gasteiger partial charge < -0.3 is 5.32 Å². The molecule has 3 unspecified atom stereocenters. The number of nitrogens with zero attached hydrogens (tertiary/aromatic N) is 1. The van der Waals surface area contributed by atoms with Gasteiger partial charge in [0, 0.05) is 25.2 Å². The van der Waals surface area contributed by atoms with Gasteiger partial charge in [-0.15, -0.1) is 0 Å². The molecule has 102 valence electrons. The van der Waals surface area contributed by atoms with Crippen LogP contribution in [0, 0.1) is 11.8 Å². The molecule has 1 rings (SSSR count). The third-order valence-electron chi connectivity index (χ3n) is 4.26. The van der Waals surface area contributed by atoms with Crippen molar-refractivity contribution in [3.05, 3.63) is 0 Å². The van der Waals surface area contributed by atoms with Crippen LogP contribution in [0.3, 0.4) is 0 Å². The minimum absolute atomic E-state index is 0.713. The third kappa shape index (κ3) is 4.97. The van der Waals surface area contributed by atoms with Crippen molar-refractivity contribution in [1.82, 2.24) is 10.2 Å². The van der Waals surface area contributed by atoms with Crippen LogP contribution < -0.4 is 5.32 Å². The van der Waals surface area contributed by atoms with Crippen molar-refractivity contribution in [3.63, 3.8) is 0 Å². The second-order valence-corrected chi connectivity index (χ2v) is 6.27. The quantitative estimate of drug-likeness (QED) is 0.735. The van der Waals surface area contributed by atoms with Gasteiger partial charge in [0.1, 0.15) is 0 Å².